The van der Waals surface area contributed by atoms with Gasteiger partial charge < -0.3 is 16.4 Å². The fourth-order valence-electron chi connectivity index (χ4n) is 3.32. The molecule has 2 aliphatic heterocycles. The van der Waals surface area contributed by atoms with Crippen LogP contribution in [0.5, 0.6) is 0 Å². The molecule has 0 saturated heterocycles. The lowest BCUT2D eigenvalue weighted by Gasteiger charge is -2.37. The lowest BCUT2D eigenvalue weighted by atomic mass is 10.2. The van der Waals surface area contributed by atoms with Crippen molar-refractivity contribution >= 4 is 52.3 Å². The zero-order chi connectivity index (χ0) is 21.8. The van der Waals surface area contributed by atoms with E-state index in [9.17, 15) is 13.2 Å². The van der Waals surface area contributed by atoms with Gasteiger partial charge in [0.05, 0.1) is 27.0 Å². The van der Waals surface area contributed by atoms with E-state index in [1.54, 1.807) is 30.0 Å². The first-order valence-electron chi connectivity index (χ1n) is 8.62. The maximum absolute atomic E-state index is 12.9. The molecule has 4 rings (SSSR count). The highest BCUT2D eigenvalue weighted by Gasteiger charge is 2.42. The predicted molar refractivity (Wildman–Crippen MR) is 114 cm³/mol. The number of nitrogens with zero attached hydrogens (tertiary/aromatic N) is 4. The lowest BCUT2D eigenvalue weighted by Crippen LogP contribution is -2.53. The Labute approximate surface area is 184 Å². The van der Waals surface area contributed by atoms with E-state index in [0.717, 1.165) is 12.3 Å². The number of hydrogen-bond donors (Lipinski definition) is 2. The van der Waals surface area contributed by atoms with Crippen molar-refractivity contribution in [2.45, 2.75) is 24.8 Å². The SMILES string of the molecule is CC1=NC2=C(C(N)N1c1ccc(C(F)(F)F)cn1)N(c1c(Cl)cccc1Cl)C(N)S2. The number of alkyl halides is 3. The van der Waals surface area contributed by atoms with Crippen molar-refractivity contribution in [3.8, 4) is 0 Å². The molecule has 0 saturated carbocycles. The Morgan fingerprint density at radius 1 is 1.07 bits per heavy atom. The first-order chi connectivity index (χ1) is 14.1. The summed E-state index contributed by atoms with van der Waals surface area (Å²) in [4.78, 5) is 11.7. The summed E-state index contributed by atoms with van der Waals surface area (Å²) < 4.78 is 38.7. The van der Waals surface area contributed by atoms with Gasteiger partial charge in [0, 0.05) is 6.20 Å². The average molecular weight is 475 g/mol. The molecule has 12 heteroatoms. The molecule has 1 aromatic heterocycles. The number of aliphatic imine (C=N–C) groups is 1. The third kappa shape index (κ3) is 3.52. The minimum atomic E-state index is -4.49. The summed E-state index contributed by atoms with van der Waals surface area (Å²) in [6.07, 6.45) is -4.55. The van der Waals surface area contributed by atoms with Crippen LogP contribution in [0.1, 0.15) is 12.5 Å². The van der Waals surface area contributed by atoms with E-state index in [1.165, 1.54) is 22.7 Å². The minimum absolute atomic E-state index is 0.221. The summed E-state index contributed by atoms with van der Waals surface area (Å²) in [6, 6.07) is 7.26. The van der Waals surface area contributed by atoms with E-state index in [4.69, 9.17) is 34.7 Å². The van der Waals surface area contributed by atoms with Crippen molar-refractivity contribution in [2.75, 3.05) is 9.80 Å². The number of anilines is 2. The maximum Gasteiger partial charge on any atom is 0.417 e. The molecule has 0 amide bonds. The van der Waals surface area contributed by atoms with E-state index in [1.807, 2.05) is 0 Å². The molecule has 0 aliphatic carbocycles. The van der Waals surface area contributed by atoms with Crippen LogP contribution in [0.2, 0.25) is 10.0 Å². The van der Waals surface area contributed by atoms with Gasteiger partial charge in [-0.05, 0) is 31.2 Å². The normalized spacial score (nSPS) is 21.8. The Morgan fingerprint density at radius 2 is 1.73 bits per heavy atom. The molecule has 3 heterocycles. The van der Waals surface area contributed by atoms with Crippen LogP contribution in [0.15, 0.2) is 52.2 Å². The summed E-state index contributed by atoms with van der Waals surface area (Å²) in [5.74, 6) is 0.694. The fraction of sp³-hybridized carbons (Fsp3) is 0.222. The quantitative estimate of drug-likeness (QED) is 0.661. The average Bonchev–Trinajstić information content (AvgIpc) is 2.97. The summed E-state index contributed by atoms with van der Waals surface area (Å²) >= 11 is 14.0. The van der Waals surface area contributed by atoms with Crippen molar-refractivity contribution in [2.24, 2.45) is 16.5 Å². The van der Waals surface area contributed by atoms with Crippen molar-refractivity contribution in [1.29, 1.82) is 0 Å². The Bertz CT molecular complexity index is 1040. The van der Waals surface area contributed by atoms with Gasteiger partial charge in [-0.15, -0.1) is 0 Å². The van der Waals surface area contributed by atoms with Crippen LogP contribution in [0, 0.1) is 0 Å². The summed E-state index contributed by atoms with van der Waals surface area (Å²) in [6.45, 7) is 1.69. The standard InChI is InChI=1S/C18H15Cl2F3N6S/c1-8-27-16-14(29(17(25)30-16)13-10(19)3-2-4-11(13)20)15(24)28(8)12-6-5-9(7-26-12)18(21,22)23/h2-7,15,17H,24-25H2,1H3. The zero-order valence-electron chi connectivity index (χ0n) is 15.4. The van der Waals surface area contributed by atoms with E-state index in [0.29, 0.717) is 32.3 Å². The Hall–Kier alpha value is -1.98. The largest absolute Gasteiger partial charge is 0.417 e. The van der Waals surface area contributed by atoms with Gasteiger partial charge in [0.15, 0.2) is 0 Å². The van der Waals surface area contributed by atoms with Gasteiger partial charge in [-0.3, -0.25) is 4.90 Å². The van der Waals surface area contributed by atoms with E-state index < -0.39 is 23.4 Å². The molecule has 2 aliphatic rings. The third-order valence-electron chi connectivity index (χ3n) is 4.64. The second kappa shape index (κ2) is 7.61. The Balaban J connectivity index is 1.76. The van der Waals surface area contributed by atoms with Crippen molar-refractivity contribution in [3.63, 3.8) is 0 Å². The molecule has 30 heavy (non-hydrogen) atoms. The summed E-state index contributed by atoms with van der Waals surface area (Å²) in [5, 5.41) is 1.35. The number of hydrogen-bond acceptors (Lipinski definition) is 7. The first-order valence-corrected chi connectivity index (χ1v) is 10.3. The molecule has 2 unspecified atom stereocenters. The van der Waals surface area contributed by atoms with Crippen LogP contribution < -0.4 is 21.3 Å². The monoisotopic (exact) mass is 474 g/mol. The van der Waals surface area contributed by atoms with Crippen LogP contribution in [0.4, 0.5) is 24.7 Å². The van der Waals surface area contributed by atoms with Gasteiger partial charge in [-0.2, -0.15) is 13.2 Å². The molecule has 1 aromatic carbocycles. The number of benzene rings is 1. The first kappa shape index (κ1) is 21.3. The van der Waals surface area contributed by atoms with Gasteiger partial charge in [-0.1, -0.05) is 41.0 Å². The molecule has 0 spiro atoms. The summed E-state index contributed by atoms with van der Waals surface area (Å²) in [7, 11) is 0. The lowest BCUT2D eigenvalue weighted by molar-refractivity contribution is -0.137. The van der Waals surface area contributed by atoms with E-state index in [2.05, 4.69) is 9.98 Å². The number of amidine groups is 1. The molecule has 0 radical (unpaired) electrons. The number of halogens is 5. The third-order valence-corrected chi connectivity index (χ3v) is 6.22. The van der Waals surface area contributed by atoms with Crippen LogP contribution in [0.25, 0.3) is 0 Å². The smallest absolute Gasteiger partial charge is 0.311 e. The Morgan fingerprint density at radius 3 is 2.30 bits per heavy atom. The van der Waals surface area contributed by atoms with E-state index >= 15 is 0 Å². The van der Waals surface area contributed by atoms with Crippen LogP contribution in [-0.4, -0.2) is 22.5 Å². The molecule has 0 bridgehead atoms. The number of aromatic nitrogens is 1. The van der Waals surface area contributed by atoms with Crippen molar-refractivity contribution < 1.29 is 13.2 Å². The second-order valence-electron chi connectivity index (χ2n) is 6.52. The molecule has 4 N–H and O–H groups in total. The molecule has 2 aromatic rings. The number of para-hydroxylation sites is 1. The second-order valence-corrected chi connectivity index (χ2v) is 8.44. The predicted octanol–water partition coefficient (Wildman–Crippen LogP) is 4.60. The van der Waals surface area contributed by atoms with Crippen LogP contribution in [0.3, 0.4) is 0 Å². The van der Waals surface area contributed by atoms with Gasteiger partial charge in [-0.25, -0.2) is 9.98 Å². The minimum Gasteiger partial charge on any atom is -0.311 e. The molecule has 6 nitrogen and oxygen atoms in total. The Kier molecular flexibility index (Phi) is 5.39. The fourth-order valence-corrected chi connectivity index (χ4v) is 4.97. The number of thioether (sulfide) groups is 1. The number of rotatable bonds is 2. The highest BCUT2D eigenvalue weighted by atomic mass is 35.5. The van der Waals surface area contributed by atoms with Crippen LogP contribution >= 0.6 is 35.0 Å². The van der Waals surface area contributed by atoms with E-state index in [-0.39, 0.29) is 5.82 Å². The molecule has 0 fully saturated rings. The van der Waals surface area contributed by atoms with Gasteiger partial charge in [0.25, 0.3) is 0 Å². The molecular weight excluding hydrogens is 460 g/mol. The highest BCUT2D eigenvalue weighted by molar-refractivity contribution is 8.04. The van der Waals surface area contributed by atoms with Gasteiger partial charge in [0.1, 0.15) is 28.3 Å². The highest BCUT2D eigenvalue weighted by Crippen LogP contribution is 2.47. The van der Waals surface area contributed by atoms with Crippen LogP contribution in [-0.2, 0) is 6.18 Å². The number of pyridine rings is 1. The van der Waals surface area contributed by atoms with Crippen molar-refractivity contribution in [3.05, 3.63) is 62.9 Å². The van der Waals surface area contributed by atoms with Crippen molar-refractivity contribution in [1.82, 2.24) is 4.98 Å². The molecular formula is C18H15Cl2F3N6S. The molecule has 2 atom stereocenters. The topological polar surface area (TPSA) is 83.8 Å². The van der Waals surface area contributed by atoms with Gasteiger partial charge >= 0.3 is 6.18 Å². The zero-order valence-corrected chi connectivity index (χ0v) is 17.7. The molecule has 158 valence electrons. The summed E-state index contributed by atoms with van der Waals surface area (Å²) in [5.41, 5.74) is 12.4. The van der Waals surface area contributed by atoms with Gasteiger partial charge in [0.2, 0.25) is 0 Å². The number of nitrogens with two attached hydrogens (primary N) is 2. The maximum atomic E-state index is 12.9.